The van der Waals surface area contributed by atoms with Crippen molar-refractivity contribution in [3.8, 4) is 0 Å². The average molecular weight is 311 g/mol. The maximum Gasteiger partial charge on any atom is 0.416 e. The van der Waals surface area contributed by atoms with Crippen molar-refractivity contribution in [2.75, 3.05) is 5.32 Å². The minimum Gasteiger partial charge on any atom is -0.315 e. The van der Waals surface area contributed by atoms with Crippen LogP contribution in [0.1, 0.15) is 29.3 Å². The van der Waals surface area contributed by atoms with Crippen LogP contribution in [0.2, 0.25) is 0 Å². The van der Waals surface area contributed by atoms with E-state index in [2.05, 4.69) is 15.5 Å². The molecule has 1 saturated carbocycles. The minimum absolute atomic E-state index is 0.0442. The van der Waals surface area contributed by atoms with Gasteiger partial charge in [0.25, 0.3) is 0 Å². The van der Waals surface area contributed by atoms with Gasteiger partial charge in [-0.05, 0) is 30.9 Å². The second-order valence-corrected chi connectivity index (χ2v) is 5.17. The smallest absolute Gasteiger partial charge is 0.315 e. The van der Waals surface area contributed by atoms with Crippen molar-refractivity contribution in [1.29, 1.82) is 0 Å². The van der Waals surface area contributed by atoms with Gasteiger partial charge < -0.3 is 4.52 Å². The van der Waals surface area contributed by atoms with Gasteiger partial charge in [-0.25, -0.2) is 0 Å². The molecule has 1 aliphatic rings. The first-order chi connectivity index (χ1) is 10.4. The summed E-state index contributed by atoms with van der Waals surface area (Å²) in [5, 5.41) is 5.95. The third kappa shape index (κ3) is 2.81. The Morgan fingerprint density at radius 2 is 2.09 bits per heavy atom. The molecule has 1 fully saturated rings. The molecular formula is C14H12F3N3O2. The third-order valence-electron chi connectivity index (χ3n) is 3.55. The van der Waals surface area contributed by atoms with Crippen LogP contribution in [0.4, 0.5) is 19.2 Å². The Hall–Kier alpha value is -2.38. The van der Waals surface area contributed by atoms with Gasteiger partial charge in [0.2, 0.25) is 5.91 Å². The SMILES string of the molecule is Cc1noc(NC(=O)C2CC2c2ccccc2C(F)(F)F)n1. The number of rotatable bonds is 3. The van der Waals surface area contributed by atoms with E-state index in [9.17, 15) is 18.0 Å². The molecule has 1 aliphatic carbocycles. The molecule has 0 spiro atoms. The summed E-state index contributed by atoms with van der Waals surface area (Å²) < 4.78 is 43.7. The molecular weight excluding hydrogens is 299 g/mol. The monoisotopic (exact) mass is 311 g/mol. The lowest BCUT2D eigenvalue weighted by Gasteiger charge is -2.12. The van der Waals surface area contributed by atoms with Crippen LogP contribution in [0.5, 0.6) is 0 Å². The lowest BCUT2D eigenvalue weighted by Crippen LogP contribution is -2.16. The summed E-state index contributed by atoms with van der Waals surface area (Å²) in [4.78, 5) is 15.8. The molecule has 5 nitrogen and oxygen atoms in total. The fourth-order valence-corrected chi connectivity index (χ4v) is 2.45. The Morgan fingerprint density at radius 1 is 1.36 bits per heavy atom. The molecule has 1 aromatic heterocycles. The molecule has 0 radical (unpaired) electrons. The standard InChI is InChI=1S/C14H12F3N3O2/c1-7-18-13(22-20-7)19-12(21)10-6-9(10)8-4-2-3-5-11(8)14(15,16)17/h2-5,9-10H,6H2,1H3,(H,18,19,20,21). The number of carbonyl (C=O) groups excluding carboxylic acids is 1. The predicted molar refractivity (Wildman–Crippen MR) is 70.0 cm³/mol. The van der Waals surface area contributed by atoms with Gasteiger partial charge in [0, 0.05) is 5.92 Å². The Morgan fingerprint density at radius 3 is 2.73 bits per heavy atom. The molecule has 22 heavy (non-hydrogen) atoms. The number of benzene rings is 1. The summed E-state index contributed by atoms with van der Waals surface area (Å²) in [6.07, 6.45) is -4.06. The van der Waals surface area contributed by atoms with Gasteiger partial charge in [-0.3, -0.25) is 10.1 Å². The van der Waals surface area contributed by atoms with Crippen LogP contribution in [0.3, 0.4) is 0 Å². The van der Waals surface area contributed by atoms with Crippen LogP contribution in [0.25, 0.3) is 0 Å². The van der Waals surface area contributed by atoms with Gasteiger partial charge in [-0.2, -0.15) is 18.2 Å². The molecule has 8 heteroatoms. The summed E-state index contributed by atoms with van der Waals surface area (Å²) in [7, 11) is 0. The van der Waals surface area contributed by atoms with E-state index in [-0.39, 0.29) is 11.6 Å². The number of nitrogens with one attached hydrogen (secondary N) is 1. The number of aromatic nitrogens is 2. The summed E-state index contributed by atoms with van der Waals surface area (Å²) >= 11 is 0. The number of halogens is 3. The van der Waals surface area contributed by atoms with Crippen molar-refractivity contribution in [3.63, 3.8) is 0 Å². The highest BCUT2D eigenvalue weighted by atomic mass is 19.4. The highest BCUT2D eigenvalue weighted by Crippen LogP contribution is 2.51. The number of amides is 1. The van der Waals surface area contributed by atoms with E-state index in [1.807, 2.05) is 0 Å². The van der Waals surface area contributed by atoms with Gasteiger partial charge in [0.05, 0.1) is 5.56 Å². The zero-order valence-corrected chi connectivity index (χ0v) is 11.5. The number of hydrogen-bond acceptors (Lipinski definition) is 4. The molecule has 2 aromatic rings. The molecule has 0 bridgehead atoms. The van der Waals surface area contributed by atoms with Crippen LogP contribution in [-0.2, 0) is 11.0 Å². The van der Waals surface area contributed by atoms with Crippen LogP contribution in [-0.4, -0.2) is 16.0 Å². The van der Waals surface area contributed by atoms with E-state index in [1.165, 1.54) is 12.1 Å². The molecule has 0 aliphatic heterocycles. The minimum atomic E-state index is -4.43. The predicted octanol–water partition coefficient (Wildman–Crippen LogP) is 3.14. The number of anilines is 1. The van der Waals surface area contributed by atoms with E-state index in [0.717, 1.165) is 6.07 Å². The van der Waals surface area contributed by atoms with E-state index in [0.29, 0.717) is 12.2 Å². The molecule has 1 aromatic carbocycles. The quantitative estimate of drug-likeness (QED) is 0.945. The molecule has 1 heterocycles. The fraction of sp³-hybridized carbons (Fsp3) is 0.357. The zero-order valence-electron chi connectivity index (χ0n) is 11.5. The number of hydrogen-bond donors (Lipinski definition) is 1. The summed E-state index contributed by atoms with van der Waals surface area (Å²) in [6, 6.07) is 5.28. The van der Waals surface area contributed by atoms with Gasteiger partial charge in [-0.15, -0.1) is 0 Å². The maximum absolute atomic E-state index is 13.0. The number of nitrogens with zero attached hydrogens (tertiary/aromatic N) is 2. The topological polar surface area (TPSA) is 68.0 Å². The lowest BCUT2D eigenvalue weighted by molar-refractivity contribution is -0.138. The first kappa shape index (κ1) is 14.6. The third-order valence-corrected chi connectivity index (χ3v) is 3.55. The van der Waals surface area contributed by atoms with E-state index in [4.69, 9.17) is 4.52 Å². The highest BCUT2D eigenvalue weighted by Gasteiger charge is 2.48. The molecule has 1 amide bonds. The van der Waals surface area contributed by atoms with Crippen LogP contribution >= 0.6 is 0 Å². The number of carbonyl (C=O) groups is 1. The maximum atomic E-state index is 13.0. The van der Waals surface area contributed by atoms with Crippen molar-refractivity contribution in [2.45, 2.75) is 25.4 Å². The second-order valence-electron chi connectivity index (χ2n) is 5.17. The van der Waals surface area contributed by atoms with E-state index >= 15 is 0 Å². The van der Waals surface area contributed by atoms with Crippen molar-refractivity contribution in [1.82, 2.24) is 10.1 Å². The Labute approximate surface area is 123 Å². The normalized spacial score (nSPS) is 20.7. The molecule has 116 valence electrons. The first-order valence-corrected chi connectivity index (χ1v) is 6.63. The summed E-state index contributed by atoms with van der Waals surface area (Å²) in [5.74, 6) is -1.01. The van der Waals surface area contributed by atoms with Crippen molar-refractivity contribution < 1.29 is 22.5 Å². The van der Waals surface area contributed by atoms with Crippen molar-refractivity contribution in [2.24, 2.45) is 5.92 Å². The van der Waals surface area contributed by atoms with Gasteiger partial charge in [0.1, 0.15) is 0 Å². The molecule has 0 saturated heterocycles. The number of alkyl halides is 3. The van der Waals surface area contributed by atoms with Crippen molar-refractivity contribution in [3.05, 3.63) is 41.2 Å². The molecule has 1 N–H and O–H groups in total. The largest absolute Gasteiger partial charge is 0.416 e. The Kier molecular flexibility index (Phi) is 3.38. The van der Waals surface area contributed by atoms with Crippen LogP contribution in [0, 0.1) is 12.8 Å². The molecule has 3 rings (SSSR count). The van der Waals surface area contributed by atoms with Crippen LogP contribution < -0.4 is 5.32 Å². The Balaban J connectivity index is 1.73. The average Bonchev–Trinajstić information content (AvgIpc) is 3.15. The zero-order chi connectivity index (χ0) is 15.9. The second kappa shape index (κ2) is 5.11. The van der Waals surface area contributed by atoms with Gasteiger partial charge in [-0.1, -0.05) is 23.4 Å². The van der Waals surface area contributed by atoms with E-state index < -0.39 is 29.5 Å². The lowest BCUT2D eigenvalue weighted by atomic mass is 10.0. The van der Waals surface area contributed by atoms with Crippen LogP contribution in [0.15, 0.2) is 28.8 Å². The highest BCUT2D eigenvalue weighted by molar-refractivity contribution is 5.93. The molecule has 2 atom stereocenters. The first-order valence-electron chi connectivity index (χ1n) is 6.63. The fourth-order valence-electron chi connectivity index (χ4n) is 2.45. The Bertz CT molecular complexity index is 711. The summed E-state index contributed by atoms with van der Waals surface area (Å²) in [5.41, 5.74) is -0.541. The van der Waals surface area contributed by atoms with Gasteiger partial charge in [0.15, 0.2) is 5.82 Å². The number of aryl methyl sites for hydroxylation is 1. The summed E-state index contributed by atoms with van der Waals surface area (Å²) in [6.45, 7) is 1.60. The molecule has 2 unspecified atom stereocenters. The van der Waals surface area contributed by atoms with E-state index in [1.54, 1.807) is 13.0 Å². The van der Waals surface area contributed by atoms with Gasteiger partial charge >= 0.3 is 12.2 Å². The van der Waals surface area contributed by atoms with Crippen molar-refractivity contribution >= 4 is 11.9 Å².